The zero-order valence-electron chi connectivity index (χ0n) is 11.7. The van der Waals surface area contributed by atoms with Gasteiger partial charge in [0.2, 0.25) is 0 Å². The number of rotatable bonds is 4. The molecule has 87 valence electrons. The van der Waals surface area contributed by atoms with Gasteiger partial charge in [0.1, 0.15) is 0 Å². The molecule has 0 saturated heterocycles. The first-order valence-corrected chi connectivity index (χ1v) is 9.24. The standard InChI is InChI=1S/C15H22Si.Na/c1-4-16(5-2,6-3)15-12-11-13-9-7-8-10-14(13)15;/h7-12,15H,4-6H2,1-3H3;. The molecule has 0 spiro atoms. The summed E-state index contributed by atoms with van der Waals surface area (Å²) in [6.45, 7) is 7.19. The summed E-state index contributed by atoms with van der Waals surface area (Å²) >= 11 is 0. The third kappa shape index (κ3) is 2.63. The average molecular weight is 253 g/mol. The van der Waals surface area contributed by atoms with Gasteiger partial charge in [-0.1, -0.05) is 75.3 Å². The number of hydrogen-bond donors (Lipinski definition) is 0. The largest absolute Gasteiger partial charge is 0.0791 e. The van der Waals surface area contributed by atoms with Crippen molar-refractivity contribution in [2.45, 2.75) is 44.4 Å². The topological polar surface area (TPSA) is 0 Å². The van der Waals surface area contributed by atoms with Crippen molar-refractivity contribution >= 4 is 43.7 Å². The van der Waals surface area contributed by atoms with Crippen LogP contribution in [-0.2, 0) is 0 Å². The minimum absolute atomic E-state index is 0. The van der Waals surface area contributed by atoms with Gasteiger partial charge in [-0.15, -0.1) is 0 Å². The maximum Gasteiger partial charge on any atom is 0.0649 e. The van der Waals surface area contributed by atoms with Crippen molar-refractivity contribution in [3.05, 3.63) is 41.5 Å². The van der Waals surface area contributed by atoms with E-state index in [1.54, 1.807) is 5.56 Å². The minimum atomic E-state index is -1.12. The third-order valence-electron chi connectivity index (χ3n) is 4.57. The summed E-state index contributed by atoms with van der Waals surface area (Å²) in [7, 11) is -1.12. The zero-order valence-corrected chi connectivity index (χ0v) is 14.7. The molecule has 0 saturated carbocycles. The van der Waals surface area contributed by atoms with Gasteiger partial charge >= 0.3 is 0 Å². The predicted octanol–water partition coefficient (Wildman–Crippen LogP) is 4.46. The van der Waals surface area contributed by atoms with Crippen LogP contribution in [0, 0.1) is 0 Å². The van der Waals surface area contributed by atoms with E-state index in [0.717, 1.165) is 5.54 Å². The Labute approximate surface area is 129 Å². The van der Waals surface area contributed by atoms with Crippen LogP contribution in [0.3, 0.4) is 0 Å². The van der Waals surface area contributed by atoms with Crippen molar-refractivity contribution in [1.29, 1.82) is 0 Å². The van der Waals surface area contributed by atoms with E-state index >= 15 is 0 Å². The van der Waals surface area contributed by atoms with Crippen LogP contribution in [0.1, 0.15) is 37.4 Å². The summed E-state index contributed by atoms with van der Waals surface area (Å²) in [5.41, 5.74) is 3.82. The third-order valence-corrected chi connectivity index (χ3v) is 10.6. The van der Waals surface area contributed by atoms with Gasteiger partial charge in [0, 0.05) is 29.6 Å². The van der Waals surface area contributed by atoms with Crippen LogP contribution in [0.4, 0.5) is 0 Å². The quantitative estimate of drug-likeness (QED) is 0.695. The Hall–Kier alpha value is 0.177. The summed E-state index contributed by atoms with van der Waals surface area (Å²) in [6, 6.07) is 13.2. The van der Waals surface area contributed by atoms with Crippen LogP contribution in [0.5, 0.6) is 0 Å². The van der Waals surface area contributed by atoms with Gasteiger partial charge in [-0.25, -0.2) is 0 Å². The molecule has 0 aliphatic heterocycles. The Morgan fingerprint density at radius 1 is 1.00 bits per heavy atom. The first kappa shape index (κ1) is 15.2. The van der Waals surface area contributed by atoms with E-state index < -0.39 is 8.07 Å². The van der Waals surface area contributed by atoms with Crippen LogP contribution in [0.15, 0.2) is 30.3 Å². The Kier molecular flexibility index (Phi) is 5.71. The number of hydrogen-bond acceptors (Lipinski definition) is 0. The van der Waals surface area contributed by atoms with Crippen molar-refractivity contribution < 1.29 is 0 Å². The molecule has 1 radical (unpaired) electrons. The van der Waals surface area contributed by atoms with Crippen LogP contribution in [0.25, 0.3) is 6.08 Å². The number of fused-ring (bicyclic) bond motifs is 1. The van der Waals surface area contributed by atoms with E-state index in [1.807, 2.05) is 0 Å². The van der Waals surface area contributed by atoms with E-state index in [9.17, 15) is 0 Å². The van der Waals surface area contributed by atoms with Crippen molar-refractivity contribution in [1.82, 2.24) is 0 Å². The molecule has 2 rings (SSSR count). The molecular formula is C15H22NaSi. The average Bonchev–Trinajstić information content (AvgIpc) is 2.77. The van der Waals surface area contributed by atoms with Crippen molar-refractivity contribution in [2.75, 3.05) is 0 Å². The normalized spacial score (nSPS) is 17.7. The van der Waals surface area contributed by atoms with Gasteiger partial charge in [0.05, 0.1) is 8.07 Å². The molecule has 0 heterocycles. The summed E-state index contributed by atoms with van der Waals surface area (Å²) < 4.78 is 0. The van der Waals surface area contributed by atoms with Crippen LogP contribution >= 0.6 is 0 Å². The number of benzene rings is 1. The van der Waals surface area contributed by atoms with E-state index in [-0.39, 0.29) is 29.6 Å². The Balaban J connectivity index is 0.00000144. The fourth-order valence-electron chi connectivity index (χ4n) is 3.19. The molecule has 0 nitrogen and oxygen atoms in total. The van der Waals surface area contributed by atoms with Crippen LogP contribution < -0.4 is 0 Å². The first-order valence-electron chi connectivity index (χ1n) is 6.54. The molecule has 0 aromatic heterocycles. The molecular weight excluding hydrogens is 231 g/mol. The molecule has 0 N–H and O–H groups in total. The summed E-state index contributed by atoms with van der Waals surface area (Å²) in [5.74, 6) is 0. The molecule has 1 aromatic rings. The second kappa shape index (κ2) is 6.37. The Morgan fingerprint density at radius 2 is 1.59 bits per heavy atom. The molecule has 1 atom stereocenters. The Bertz CT molecular complexity index is 385. The molecule has 17 heavy (non-hydrogen) atoms. The van der Waals surface area contributed by atoms with E-state index in [4.69, 9.17) is 0 Å². The van der Waals surface area contributed by atoms with E-state index in [0.29, 0.717) is 0 Å². The van der Waals surface area contributed by atoms with E-state index in [2.05, 4.69) is 57.2 Å². The van der Waals surface area contributed by atoms with Crippen LogP contribution in [0.2, 0.25) is 18.1 Å². The minimum Gasteiger partial charge on any atom is -0.0791 e. The Morgan fingerprint density at radius 3 is 2.18 bits per heavy atom. The van der Waals surface area contributed by atoms with Gasteiger partial charge in [-0.2, -0.15) is 0 Å². The molecule has 1 aromatic carbocycles. The maximum atomic E-state index is 2.48. The molecule has 1 aliphatic carbocycles. The monoisotopic (exact) mass is 253 g/mol. The molecule has 1 aliphatic rings. The van der Waals surface area contributed by atoms with Gasteiger partial charge in [-0.3, -0.25) is 0 Å². The maximum absolute atomic E-state index is 2.48. The number of allylic oxidation sites excluding steroid dienone is 1. The van der Waals surface area contributed by atoms with Gasteiger partial charge in [0.25, 0.3) is 0 Å². The molecule has 0 fully saturated rings. The summed E-state index contributed by atoms with van der Waals surface area (Å²) in [4.78, 5) is 0. The molecule has 0 amide bonds. The summed E-state index contributed by atoms with van der Waals surface area (Å²) in [6.07, 6.45) is 4.82. The van der Waals surface area contributed by atoms with E-state index in [1.165, 1.54) is 23.7 Å². The fraction of sp³-hybridized carbons (Fsp3) is 0.467. The molecule has 2 heteroatoms. The van der Waals surface area contributed by atoms with Crippen molar-refractivity contribution in [3.8, 4) is 0 Å². The van der Waals surface area contributed by atoms with Crippen molar-refractivity contribution in [2.24, 2.45) is 0 Å². The zero-order chi connectivity index (χ0) is 11.6. The second-order valence-corrected chi connectivity index (χ2v) is 10.4. The predicted molar refractivity (Wildman–Crippen MR) is 81.2 cm³/mol. The summed E-state index contributed by atoms with van der Waals surface area (Å²) in [5, 5.41) is 0. The molecule has 1 unspecified atom stereocenters. The fourth-order valence-corrected chi connectivity index (χ4v) is 7.44. The van der Waals surface area contributed by atoms with Crippen LogP contribution in [-0.4, -0.2) is 37.6 Å². The van der Waals surface area contributed by atoms with Crippen molar-refractivity contribution in [3.63, 3.8) is 0 Å². The smallest absolute Gasteiger partial charge is 0.0649 e. The SMILES string of the molecule is CC[Si](CC)(CC)C1C=Cc2ccccc21.[Na]. The van der Waals surface area contributed by atoms with Gasteiger partial charge in [-0.05, 0) is 16.7 Å². The van der Waals surface area contributed by atoms with Gasteiger partial charge in [0.15, 0.2) is 0 Å². The van der Waals surface area contributed by atoms with Gasteiger partial charge < -0.3 is 0 Å². The second-order valence-electron chi connectivity index (χ2n) is 4.89. The first-order chi connectivity index (χ1) is 7.77. The molecule has 0 bridgehead atoms.